The normalized spacial score (nSPS) is 15.6. The summed E-state index contributed by atoms with van der Waals surface area (Å²) in [6.45, 7) is 9.24. The van der Waals surface area contributed by atoms with E-state index in [2.05, 4.69) is 20.4 Å². The number of aryl methyl sites for hydroxylation is 3. The zero-order valence-corrected chi connectivity index (χ0v) is 15.4. The van der Waals surface area contributed by atoms with Crippen molar-refractivity contribution in [1.29, 1.82) is 0 Å². The monoisotopic (exact) mass is 348 g/mol. The van der Waals surface area contributed by atoms with Crippen LogP contribution in [0.1, 0.15) is 35.6 Å². The molecule has 1 saturated heterocycles. The van der Waals surface area contributed by atoms with Gasteiger partial charge in [0.25, 0.3) is 0 Å². The molecule has 7 heteroatoms. The van der Waals surface area contributed by atoms with Gasteiger partial charge in [-0.3, -0.25) is 4.79 Å². The van der Waals surface area contributed by atoms with Crippen LogP contribution >= 0.6 is 11.3 Å². The van der Waals surface area contributed by atoms with E-state index in [4.69, 9.17) is 4.52 Å². The molecule has 0 unspecified atom stereocenters. The van der Waals surface area contributed by atoms with Crippen LogP contribution in [0.5, 0.6) is 0 Å². The van der Waals surface area contributed by atoms with E-state index < -0.39 is 0 Å². The Balaban J connectivity index is 1.54. The predicted octanol–water partition coefficient (Wildman–Crippen LogP) is 2.73. The second-order valence-electron chi connectivity index (χ2n) is 6.30. The number of nitrogens with zero attached hydrogens (tertiary/aromatic N) is 4. The molecule has 2 aromatic heterocycles. The van der Waals surface area contributed by atoms with Crippen LogP contribution in [0.2, 0.25) is 0 Å². The molecule has 1 fully saturated rings. The van der Waals surface area contributed by atoms with Crippen molar-refractivity contribution in [3.05, 3.63) is 28.1 Å². The minimum absolute atomic E-state index is 0.215. The predicted molar refractivity (Wildman–Crippen MR) is 94.6 cm³/mol. The molecule has 0 radical (unpaired) electrons. The summed E-state index contributed by atoms with van der Waals surface area (Å²) in [6.07, 6.45) is 2.20. The standard InChI is InChI=1S/C17H24N4O2S/c1-12-11-24-17(18-12)21-8-4-7-20(9-10-21)16(22)6-5-15-13(2)19-23-14(15)3/h11H,4-10H2,1-3H3. The highest BCUT2D eigenvalue weighted by atomic mass is 32.1. The molecule has 3 rings (SSSR count). The molecule has 24 heavy (non-hydrogen) atoms. The van der Waals surface area contributed by atoms with Gasteiger partial charge < -0.3 is 14.3 Å². The molecule has 2 aromatic rings. The zero-order chi connectivity index (χ0) is 17.1. The first-order valence-electron chi connectivity index (χ1n) is 8.41. The third-order valence-electron chi connectivity index (χ3n) is 4.50. The van der Waals surface area contributed by atoms with E-state index in [-0.39, 0.29) is 5.91 Å². The van der Waals surface area contributed by atoms with Crippen LogP contribution < -0.4 is 4.90 Å². The van der Waals surface area contributed by atoms with Crippen molar-refractivity contribution in [1.82, 2.24) is 15.0 Å². The van der Waals surface area contributed by atoms with Gasteiger partial charge in [0.05, 0.1) is 11.4 Å². The third-order valence-corrected chi connectivity index (χ3v) is 5.52. The van der Waals surface area contributed by atoms with E-state index in [1.54, 1.807) is 11.3 Å². The summed E-state index contributed by atoms with van der Waals surface area (Å²) in [5, 5.41) is 7.10. The summed E-state index contributed by atoms with van der Waals surface area (Å²) in [7, 11) is 0. The van der Waals surface area contributed by atoms with Crippen LogP contribution in [0.15, 0.2) is 9.90 Å². The third kappa shape index (κ3) is 3.77. The van der Waals surface area contributed by atoms with Gasteiger partial charge in [0.1, 0.15) is 5.76 Å². The maximum absolute atomic E-state index is 12.6. The number of thiazole rings is 1. The molecule has 0 spiro atoms. The minimum Gasteiger partial charge on any atom is -0.361 e. The summed E-state index contributed by atoms with van der Waals surface area (Å²) >= 11 is 1.68. The van der Waals surface area contributed by atoms with Gasteiger partial charge in [-0.05, 0) is 33.6 Å². The first-order chi connectivity index (χ1) is 11.5. The molecule has 0 saturated carbocycles. The quantitative estimate of drug-likeness (QED) is 0.850. The minimum atomic E-state index is 0.215. The first kappa shape index (κ1) is 17.0. The van der Waals surface area contributed by atoms with Gasteiger partial charge >= 0.3 is 0 Å². The average Bonchev–Trinajstić information content (AvgIpc) is 3.02. The highest BCUT2D eigenvalue weighted by molar-refractivity contribution is 7.13. The molecular weight excluding hydrogens is 324 g/mol. The number of hydrogen-bond acceptors (Lipinski definition) is 6. The Bertz CT molecular complexity index is 690. The summed E-state index contributed by atoms with van der Waals surface area (Å²) < 4.78 is 5.17. The molecule has 0 atom stereocenters. The largest absolute Gasteiger partial charge is 0.361 e. The molecule has 3 heterocycles. The van der Waals surface area contributed by atoms with Crippen molar-refractivity contribution in [2.75, 3.05) is 31.1 Å². The lowest BCUT2D eigenvalue weighted by molar-refractivity contribution is -0.130. The van der Waals surface area contributed by atoms with Crippen LogP contribution in [-0.4, -0.2) is 47.1 Å². The highest BCUT2D eigenvalue weighted by Gasteiger charge is 2.21. The maximum Gasteiger partial charge on any atom is 0.222 e. The number of carbonyl (C=O) groups excluding carboxylic acids is 1. The lowest BCUT2D eigenvalue weighted by atomic mass is 10.1. The van der Waals surface area contributed by atoms with Gasteiger partial charge in [0, 0.05) is 43.5 Å². The van der Waals surface area contributed by atoms with Gasteiger partial charge in [-0.15, -0.1) is 11.3 Å². The van der Waals surface area contributed by atoms with Gasteiger partial charge in [-0.1, -0.05) is 5.16 Å². The number of carbonyl (C=O) groups is 1. The Morgan fingerprint density at radius 2 is 2.08 bits per heavy atom. The lowest BCUT2D eigenvalue weighted by Crippen LogP contribution is -2.35. The molecular formula is C17H24N4O2S. The fourth-order valence-electron chi connectivity index (χ4n) is 3.09. The summed E-state index contributed by atoms with van der Waals surface area (Å²) in [5.41, 5.74) is 3.02. The summed E-state index contributed by atoms with van der Waals surface area (Å²) in [5.74, 6) is 1.04. The Morgan fingerprint density at radius 3 is 2.75 bits per heavy atom. The van der Waals surface area contributed by atoms with Gasteiger partial charge in [-0.25, -0.2) is 4.98 Å². The topological polar surface area (TPSA) is 62.5 Å². The van der Waals surface area contributed by atoms with E-state index in [0.717, 1.165) is 60.4 Å². The summed E-state index contributed by atoms with van der Waals surface area (Å²) in [4.78, 5) is 21.4. The van der Waals surface area contributed by atoms with E-state index in [1.165, 1.54) is 0 Å². The van der Waals surface area contributed by atoms with Crippen LogP contribution in [0.25, 0.3) is 0 Å². The molecule has 1 aliphatic rings. The summed E-state index contributed by atoms with van der Waals surface area (Å²) in [6, 6.07) is 0. The van der Waals surface area contributed by atoms with Crippen molar-refractivity contribution >= 4 is 22.4 Å². The molecule has 130 valence electrons. The van der Waals surface area contributed by atoms with Gasteiger partial charge in [-0.2, -0.15) is 0 Å². The number of rotatable bonds is 4. The highest BCUT2D eigenvalue weighted by Crippen LogP contribution is 2.22. The van der Waals surface area contributed by atoms with E-state index in [0.29, 0.717) is 12.8 Å². The second-order valence-corrected chi connectivity index (χ2v) is 7.13. The second kappa shape index (κ2) is 7.34. The Kier molecular flexibility index (Phi) is 5.18. The Morgan fingerprint density at radius 1 is 1.25 bits per heavy atom. The van der Waals surface area contributed by atoms with E-state index in [1.807, 2.05) is 25.7 Å². The van der Waals surface area contributed by atoms with E-state index in [9.17, 15) is 4.79 Å². The van der Waals surface area contributed by atoms with Crippen molar-refractivity contribution in [3.63, 3.8) is 0 Å². The van der Waals surface area contributed by atoms with Crippen molar-refractivity contribution in [3.8, 4) is 0 Å². The van der Waals surface area contributed by atoms with Crippen molar-refractivity contribution in [2.45, 2.75) is 40.0 Å². The van der Waals surface area contributed by atoms with Gasteiger partial charge in [0.15, 0.2) is 5.13 Å². The number of anilines is 1. The SMILES string of the molecule is Cc1csc(N2CCCN(C(=O)CCc3c(C)noc3C)CC2)n1. The van der Waals surface area contributed by atoms with Crippen LogP contribution in [0.4, 0.5) is 5.13 Å². The Labute approximate surface area is 146 Å². The van der Waals surface area contributed by atoms with Crippen molar-refractivity contribution in [2.24, 2.45) is 0 Å². The molecule has 1 aliphatic heterocycles. The lowest BCUT2D eigenvalue weighted by Gasteiger charge is -2.21. The maximum atomic E-state index is 12.6. The van der Waals surface area contributed by atoms with Crippen LogP contribution in [0, 0.1) is 20.8 Å². The molecule has 1 amide bonds. The number of aromatic nitrogens is 2. The smallest absolute Gasteiger partial charge is 0.222 e. The number of amides is 1. The van der Waals surface area contributed by atoms with E-state index >= 15 is 0 Å². The fourth-order valence-corrected chi connectivity index (χ4v) is 3.95. The molecule has 0 aromatic carbocycles. The fraction of sp³-hybridized carbons (Fsp3) is 0.588. The van der Waals surface area contributed by atoms with Gasteiger partial charge in [0.2, 0.25) is 5.91 Å². The molecule has 6 nitrogen and oxygen atoms in total. The Hall–Kier alpha value is -1.89. The molecule has 0 aliphatic carbocycles. The van der Waals surface area contributed by atoms with Crippen LogP contribution in [0.3, 0.4) is 0 Å². The van der Waals surface area contributed by atoms with Crippen LogP contribution in [-0.2, 0) is 11.2 Å². The molecule has 0 N–H and O–H groups in total. The first-order valence-corrected chi connectivity index (χ1v) is 9.29. The molecule has 0 bridgehead atoms. The zero-order valence-electron chi connectivity index (χ0n) is 14.5. The average molecular weight is 348 g/mol. The number of hydrogen-bond donors (Lipinski definition) is 0. The van der Waals surface area contributed by atoms with Crippen molar-refractivity contribution < 1.29 is 9.32 Å².